The van der Waals surface area contributed by atoms with Gasteiger partial charge in [-0.2, -0.15) is 0 Å². The van der Waals surface area contributed by atoms with Crippen LogP contribution in [-0.4, -0.2) is 32.5 Å². The summed E-state index contributed by atoms with van der Waals surface area (Å²) in [6.45, 7) is 10.1. The molecule has 0 aliphatic heterocycles. The van der Waals surface area contributed by atoms with Crippen molar-refractivity contribution in [2.75, 3.05) is 19.3 Å². The standard InChI is InChI=1S/C14H29NO2S/c1-6-13(7-2)9-14(10-13,18(5,16)17)11-15-8-12(3)4/h12,15H,6-11H2,1-5H3. The number of rotatable bonds is 7. The largest absolute Gasteiger partial charge is 0.315 e. The van der Waals surface area contributed by atoms with Crippen molar-refractivity contribution in [2.45, 2.75) is 58.1 Å². The Morgan fingerprint density at radius 3 is 2.00 bits per heavy atom. The van der Waals surface area contributed by atoms with Gasteiger partial charge >= 0.3 is 0 Å². The first-order chi connectivity index (χ1) is 8.20. The molecule has 0 unspecified atom stereocenters. The van der Waals surface area contributed by atoms with E-state index in [-0.39, 0.29) is 5.41 Å². The lowest BCUT2D eigenvalue weighted by Crippen LogP contribution is -2.61. The summed E-state index contributed by atoms with van der Waals surface area (Å²) >= 11 is 0. The van der Waals surface area contributed by atoms with Crippen molar-refractivity contribution in [1.82, 2.24) is 5.32 Å². The Morgan fingerprint density at radius 2 is 1.67 bits per heavy atom. The minimum Gasteiger partial charge on any atom is -0.315 e. The molecule has 0 radical (unpaired) electrons. The SMILES string of the molecule is CCC1(CC)CC(CNCC(C)C)(S(C)(=O)=O)C1. The molecular formula is C14H29NO2S. The van der Waals surface area contributed by atoms with E-state index in [0.29, 0.717) is 12.5 Å². The van der Waals surface area contributed by atoms with Gasteiger partial charge in [0.15, 0.2) is 9.84 Å². The molecule has 0 aromatic carbocycles. The molecule has 0 bridgehead atoms. The summed E-state index contributed by atoms with van der Waals surface area (Å²) in [6.07, 6.45) is 5.24. The highest BCUT2D eigenvalue weighted by Gasteiger charge is 2.57. The summed E-state index contributed by atoms with van der Waals surface area (Å²) < 4.78 is 23.7. The van der Waals surface area contributed by atoms with E-state index in [2.05, 4.69) is 33.0 Å². The lowest BCUT2D eigenvalue weighted by molar-refractivity contribution is 0.0640. The zero-order valence-corrected chi connectivity index (χ0v) is 13.4. The van der Waals surface area contributed by atoms with Crippen LogP contribution in [0.1, 0.15) is 53.4 Å². The van der Waals surface area contributed by atoms with Crippen LogP contribution in [-0.2, 0) is 9.84 Å². The van der Waals surface area contributed by atoms with Crippen molar-refractivity contribution >= 4 is 9.84 Å². The molecule has 0 amide bonds. The zero-order valence-electron chi connectivity index (χ0n) is 12.5. The second-order valence-electron chi connectivity index (χ2n) is 6.54. The first kappa shape index (κ1) is 16.0. The Kier molecular flexibility index (Phi) is 4.87. The molecule has 1 N–H and O–H groups in total. The molecule has 1 fully saturated rings. The molecule has 4 heteroatoms. The van der Waals surface area contributed by atoms with Crippen LogP contribution in [0.3, 0.4) is 0 Å². The van der Waals surface area contributed by atoms with Gasteiger partial charge in [-0.3, -0.25) is 0 Å². The first-order valence-electron chi connectivity index (χ1n) is 7.10. The molecule has 108 valence electrons. The fourth-order valence-corrected chi connectivity index (χ4v) is 4.67. The second-order valence-corrected chi connectivity index (χ2v) is 8.95. The smallest absolute Gasteiger partial charge is 0.154 e. The minimum atomic E-state index is -2.98. The topological polar surface area (TPSA) is 46.2 Å². The van der Waals surface area contributed by atoms with Crippen LogP contribution in [0, 0.1) is 11.3 Å². The molecule has 0 atom stereocenters. The third-order valence-electron chi connectivity index (χ3n) is 4.68. The van der Waals surface area contributed by atoms with Crippen molar-refractivity contribution in [1.29, 1.82) is 0 Å². The van der Waals surface area contributed by atoms with Gasteiger partial charge in [0.25, 0.3) is 0 Å². The predicted molar refractivity (Wildman–Crippen MR) is 77.5 cm³/mol. The monoisotopic (exact) mass is 275 g/mol. The van der Waals surface area contributed by atoms with Gasteiger partial charge in [0.1, 0.15) is 0 Å². The van der Waals surface area contributed by atoms with Crippen molar-refractivity contribution in [3.05, 3.63) is 0 Å². The normalized spacial score (nSPS) is 21.9. The van der Waals surface area contributed by atoms with Crippen LogP contribution in [0.5, 0.6) is 0 Å². The minimum absolute atomic E-state index is 0.266. The van der Waals surface area contributed by atoms with E-state index in [1.54, 1.807) is 0 Å². The van der Waals surface area contributed by atoms with E-state index in [1.807, 2.05) is 0 Å². The molecule has 1 aliphatic rings. The van der Waals surface area contributed by atoms with Crippen molar-refractivity contribution in [2.24, 2.45) is 11.3 Å². The zero-order chi connectivity index (χ0) is 14.0. The van der Waals surface area contributed by atoms with Gasteiger partial charge < -0.3 is 5.32 Å². The Labute approximate surface area is 113 Å². The van der Waals surface area contributed by atoms with Crippen LogP contribution >= 0.6 is 0 Å². The van der Waals surface area contributed by atoms with Crippen LogP contribution in [0.15, 0.2) is 0 Å². The van der Waals surface area contributed by atoms with E-state index < -0.39 is 14.6 Å². The molecular weight excluding hydrogens is 246 g/mol. The van der Waals surface area contributed by atoms with Gasteiger partial charge in [-0.05, 0) is 30.7 Å². The van der Waals surface area contributed by atoms with E-state index in [4.69, 9.17) is 0 Å². The number of sulfone groups is 1. The van der Waals surface area contributed by atoms with Crippen molar-refractivity contribution in [3.63, 3.8) is 0 Å². The summed E-state index contributed by atoms with van der Waals surface area (Å²) in [5.41, 5.74) is 0.266. The van der Waals surface area contributed by atoms with E-state index >= 15 is 0 Å². The Bertz CT molecular complexity index is 361. The first-order valence-corrected chi connectivity index (χ1v) is 9.00. The summed E-state index contributed by atoms with van der Waals surface area (Å²) in [4.78, 5) is 0. The number of hydrogen-bond donors (Lipinski definition) is 1. The van der Waals surface area contributed by atoms with Crippen LogP contribution in [0.4, 0.5) is 0 Å². The summed E-state index contributed by atoms with van der Waals surface area (Å²) in [7, 11) is -2.98. The van der Waals surface area contributed by atoms with Gasteiger partial charge in [-0.25, -0.2) is 8.42 Å². The Hall–Kier alpha value is -0.0900. The van der Waals surface area contributed by atoms with Crippen molar-refractivity contribution in [3.8, 4) is 0 Å². The van der Waals surface area contributed by atoms with E-state index in [1.165, 1.54) is 6.26 Å². The lowest BCUT2D eigenvalue weighted by Gasteiger charge is -2.55. The average molecular weight is 275 g/mol. The van der Waals surface area contributed by atoms with Gasteiger partial charge in [0.2, 0.25) is 0 Å². The number of nitrogens with one attached hydrogen (secondary N) is 1. The van der Waals surface area contributed by atoms with Crippen LogP contribution in [0.2, 0.25) is 0 Å². The molecule has 18 heavy (non-hydrogen) atoms. The van der Waals surface area contributed by atoms with Crippen molar-refractivity contribution < 1.29 is 8.42 Å². The molecule has 1 rings (SSSR count). The molecule has 0 saturated heterocycles. The van der Waals surface area contributed by atoms with Gasteiger partial charge in [-0.15, -0.1) is 0 Å². The van der Waals surface area contributed by atoms with E-state index in [9.17, 15) is 8.42 Å². The van der Waals surface area contributed by atoms with Gasteiger partial charge in [0.05, 0.1) is 4.75 Å². The molecule has 0 aromatic rings. The lowest BCUT2D eigenvalue weighted by atomic mass is 9.58. The highest BCUT2D eigenvalue weighted by atomic mass is 32.2. The van der Waals surface area contributed by atoms with E-state index in [0.717, 1.165) is 32.2 Å². The van der Waals surface area contributed by atoms with Crippen LogP contribution < -0.4 is 5.32 Å². The molecule has 1 saturated carbocycles. The summed E-state index contributed by atoms with van der Waals surface area (Å²) in [5, 5.41) is 3.34. The quantitative estimate of drug-likeness (QED) is 0.777. The Morgan fingerprint density at radius 1 is 1.17 bits per heavy atom. The maximum absolute atomic E-state index is 12.1. The maximum Gasteiger partial charge on any atom is 0.154 e. The fraction of sp³-hybridized carbons (Fsp3) is 1.00. The fourth-order valence-electron chi connectivity index (χ4n) is 3.17. The van der Waals surface area contributed by atoms with Gasteiger partial charge in [0, 0.05) is 12.8 Å². The third-order valence-corrected chi connectivity index (χ3v) is 6.69. The second kappa shape index (κ2) is 5.49. The maximum atomic E-state index is 12.1. The molecule has 0 spiro atoms. The molecule has 0 heterocycles. The third kappa shape index (κ3) is 3.08. The van der Waals surface area contributed by atoms with Gasteiger partial charge in [-0.1, -0.05) is 40.5 Å². The summed E-state index contributed by atoms with van der Waals surface area (Å²) in [5.74, 6) is 0.559. The van der Waals surface area contributed by atoms with Crippen LogP contribution in [0.25, 0.3) is 0 Å². The molecule has 3 nitrogen and oxygen atoms in total. The summed E-state index contributed by atoms with van der Waals surface area (Å²) in [6, 6.07) is 0. The highest BCUT2D eigenvalue weighted by molar-refractivity contribution is 7.92. The molecule has 0 aromatic heterocycles. The average Bonchev–Trinajstić information content (AvgIpc) is 2.19. The molecule has 1 aliphatic carbocycles. The highest BCUT2D eigenvalue weighted by Crippen LogP contribution is 2.56. The predicted octanol–water partition coefficient (Wildman–Crippen LogP) is 2.62. The number of hydrogen-bond acceptors (Lipinski definition) is 3. The Balaban J connectivity index is 2.72.